The van der Waals surface area contributed by atoms with Gasteiger partial charge in [0.25, 0.3) is 5.91 Å². The number of aromatic nitrogens is 1. The van der Waals surface area contributed by atoms with Crippen LogP contribution >= 0.6 is 11.3 Å². The molecule has 1 aromatic carbocycles. The average molecular weight is 318 g/mol. The van der Waals surface area contributed by atoms with Crippen molar-refractivity contribution in [1.82, 2.24) is 4.98 Å². The number of amides is 1. The van der Waals surface area contributed by atoms with E-state index in [0.29, 0.717) is 10.7 Å². The Morgan fingerprint density at radius 2 is 2.05 bits per heavy atom. The Morgan fingerprint density at radius 3 is 2.59 bits per heavy atom. The fourth-order valence-electron chi connectivity index (χ4n) is 2.46. The number of benzene rings is 1. The lowest BCUT2D eigenvalue weighted by molar-refractivity contribution is -0.117. The highest BCUT2D eigenvalue weighted by Crippen LogP contribution is 2.41. The molecule has 112 valence electrons. The molecule has 0 unspecified atom stereocenters. The first-order chi connectivity index (χ1) is 10.5. The van der Waals surface area contributed by atoms with Gasteiger partial charge in [0.15, 0.2) is 16.7 Å². The molecule has 0 bridgehead atoms. The highest BCUT2D eigenvalue weighted by molar-refractivity contribution is 7.13. The van der Waals surface area contributed by atoms with Gasteiger partial charge in [-0.25, -0.2) is 9.37 Å². The second-order valence-corrected chi connectivity index (χ2v) is 5.64. The van der Waals surface area contributed by atoms with Crippen LogP contribution < -0.4 is 4.90 Å². The molecule has 1 N–H and O–H groups in total. The van der Waals surface area contributed by atoms with Crippen LogP contribution in [-0.4, -0.2) is 21.8 Å². The topological polar surface area (TPSA) is 70.5 Å². The van der Waals surface area contributed by atoms with E-state index in [2.05, 4.69) is 4.98 Å². The van der Waals surface area contributed by atoms with E-state index >= 15 is 0 Å². The molecule has 1 aliphatic heterocycles. The lowest BCUT2D eigenvalue weighted by Crippen LogP contribution is -2.30. The highest BCUT2D eigenvalue weighted by atomic mass is 32.1. The quantitative estimate of drug-likeness (QED) is 0.944. The predicted octanol–water partition coefficient (Wildman–Crippen LogP) is 2.77. The normalized spacial score (nSPS) is 18.2. The van der Waals surface area contributed by atoms with Crippen molar-refractivity contribution >= 4 is 28.2 Å². The van der Waals surface area contributed by atoms with Crippen molar-refractivity contribution in [1.29, 1.82) is 0 Å². The molecular weight excluding hydrogens is 307 g/mol. The maximum Gasteiger partial charge on any atom is 0.296 e. The first-order valence-electron chi connectivity index (χ1n) is 6.43. The number of carbonyl (C=O) groups is 2. The van der Waals surface area contributed by atoms with E-state index in [0.717, 1.165) is 0 Å². The van der Waals surface area contributed by atoms with E-state index in [1.54, 1.807) is 5.38 Å². The number of aliphatic hydroxyl groups excluding tert-OH is 1. The van der Waals surface area contributed by atoms with Crippen LogP contribution in [0, 0.1) is 5.82 Å². The summed E-state index contributed by atoms with van der Waals surface area (Å²) in [4.78, 5) is 29.5. The van der Waals surface area contributed by atoms with Gasteiger partial charge in [-0.15, -0.1) is 11.3 Å². The fourth-order valence-corrected chi connectivity index (χ4v) is 3.12. The minimum atomic E-state index is -0.809. The predicted molar refractivity (Wildman–Crippen MR) is 79.1 cm³/mol. The number of halogens is 1. The van der Waals surface area contributed by atoms with E-state index in [4.69, 9.17) is 0 Å². The lowest BCUT2D eigenvalue weighted by Gasteiger charge is -2.24. The zero-order valence-corrected chi connectivity index (χ0v) is 12.3. The fraction of sp³-hybridized carbons (Fsp3) is 0.133. The van der Waals surface area contributed by atoms with Crippen molar-refractivity contribution in [2.75, 3.05) is 4.90 Å². The van der Waals surface area contributed by atoms with Crippen LogP contribution in [0.15, 0.2) is 47.2 Å². The Balaban J connectivity index is 2.16. The van der Waals surface area contributed by atoms with E-state index < -0.39 is 29.3 Å². The van der Waals surface area contributed by atoms with Gasteiger partial charge >= 0.3 is 0 Å². The van der Waals surface area contributed by atoms with Crippen LogP contribution in [0.2, 0.25) is 0 Å². The summed E-state index contributed by atoms with van der Waals surface area (Å²) in [5.41, 5.74) is 0.519. The zero-order chi connectivity index (χ0) is 15.9. The highest BCUT2D eigenvalue weighted by Gasteiger charge is 2.44. The molecule has 2 aromatic rings. The minimum absolute atomic E-state index is 0.00759. The standard InChI is InChI=1S/C15H11FN2O3S/c1-8(19)11-12(9-2-4-10(16)5-3-9)18(14(21)13(11)20)15-17-6-7-22-15/h2-7,12,20H,1H3/t12-/m1/s1. The number of thiazole rings is 1. The Bertz CT molecular complexity index is 769. The number of hydrogen-bond donors (Lipinski definition) is 1. The number of hydrogen-bond acceptors (Lipinski definition) is 5. The Labute approximate surface area is 129 Å². The maximum atomic E-state index is 13.1. The third-order valence-corrected chi connectivity index (χ3v) is 4.17. The maximum absolute atomic E-state index is 13.1. The summed E-state index contributed by atoms with van der Waals surface area (Å²) < 4.78 is 13.1. The Kier molecular flexibility index (Phi) is 3.50. The number of ketones is 1. The van der Waals surface area contributed by atoms with Crippen molar-refractivity contribution < 1.29 is 19.1 Å². The van der Waals surface area contributed by atoms with Crippen LogP contribution in [-0.2, 0) is 9.59 Å². The molecule has 1 aliphatic rings. The molecule has 1 aromatic heterocycles. The largest absolute Gasteiger partial charge is 0.503 e. The summed E-state index contributed by atoms with van der Waals surface area (Å²) in [5, 5.41) is 12.1. The van der Waals surface area contributed by atoms with E-state index in [1.807, 2.05) is 0 Å². The van der Waals surface area contributed by atoms with Crippen molar-refractivity contribution in [2.45, 2.75) is 13.0 Å². The van der Waals surface area contributed by atoms with Gasteiger partial charge in [-0.1, -0.05) is 12.1 Å². The van der Waals surface area contributed by atoms with Crippen molar-refractivity contribution in [3.05, 3.63) is 58.6 Å². The Morgan fingerprint density at radius 1 is 1.36 bits per heavy atom. The molecule has 0 saturated carbocycles. The van der Waals surface area contributed by atoms with Gasteiger partial charge in [0.1, 0.15) is 5.82 Å². The number of aliphatic hydroxyl groups is 1. The molecule has 0 saturated heterocycles. The summed E-state index contributed by atoms with van der Waals surface area (Å²) in [6.45, 7) is 1.28. The van der Waals surface area contributed by atoms with Crippen LogP contribution in [0.1, 0.15) is 18.5 Å². The van der Waals surface area contributed by atoms with Gasteiger partial charge in [0.05, 0.1) is 11.6 Å². The summed E-state index contributed by atoms with van der Waals surface area (Å²) >= 11 is 1.21. The van der Waals surface area contributed by atoms with Crippen molar-refractivity contribution in [2.24, 2.45) is 0 Å². The van der Waals surface area contributed by atoms with E-state index in [-0.39, 0.29) is 5.57 Å². The second kappa shape index (κ2) is 5.34. The third-order valence-electron chi connectivity index (χ3n) is 3.40. The van der Waals surface area contributed by atoms with Crippen LogP contribution in [0.25, 0.3) is 0 Å². The number of anilines is 1. The van der Waals surface area contributed by atoms with E-state index in [9.17, 15) is 19.1 Å². The monoisotopic (exact) mass is 318 g/mol. The average Bonchev–Trinajstić information content (AvgIpc) is 3.08. The number of rotatable bonds is 3. The molecule has 0 aliphatic carbocycles. The van der Waals surface area contributed by atoms with E-state index in [1.165, 1.54) is 53.6 Å². The van der Waals surface area contributed by atoms with Crippen LogP contribution in [0.5, 0.6) is 0 Å². The minimum Gasteiger partial charge on any atom is -0.503 e. The molecule has 0 fully saturated rings. The molecule has 7 heteroatoms. The summed E-state index contributed by atoms with van der Waals surface area (Å²) in [7, 11) is 0. The third kappa shape index (κ3) is 2.19. The number of carbonyl (C=O) groups excluding carboxylic acids is 2. The summed E-state index contributed by atoms with van der Waals surface area (Å²) in [6, 6.07) is 4.64. The summed E-state index contributed by atoms with van der Waals surface area (Å²) in [5.74, 6) is -2.11. The Hall–Kier alpha value is -2.54. The molecule has 1 amide bonds. The van der Waals surface area contributed by atoms with Crippen molar-refractivity contribution in [3.8, 4) is 0 Å². The first-order valence-corrected chi connectivity index (χ1v) is 7.31. The van der Waals surface area contributed by atoms with Gasteiger partial charge in [-0.2, -0.15) is 0 Å². The SMILES string of the molecule is CC(=O)C1=C(O)C(=O)N(c2nccs2)[C@@H]1c1ccc(F)cc1. The zero-order valence-electron chi connectivity index (χ0n) is 11.5. The van der Waals surface area contributed by atoms with Gasteiger partial charge in [0, 0.05) is 11.6 Å². The first kappa shape index (κ1) is 14.4. The van der Waals surface area contributed by atoms with Gasteiger partial charge in [-0.05, 0) is 24.6 Å². The smallest absolute Gasteiger partial charge is 0.296 e. The molecule has 0 radical (unpaired) electrons. The molecule has 0 spiro atoms. The molecule has 22 heavy (non-hydrogen) atoms. The number of nitrogens with zero attached hydrogens (tertiary/aromatic N) is 2. The van der Waals surface area contributed by atoms with Gasteiger partial charge in [-0.3, -0.25) is 14.5 Å². The summed E-state index contributed by atoms with van der Waals surface area (Å²) in [6.07, 6.45) is 1.53. The number of Topliss-reactive ketones (excluding diaryl/α,β-unsaturated/α-hetero) is 1. The molecule has 5 nitrogen and oxygen atoms in total. The van der Waals surface area contributed by atoms with Crippen LogP contribution in [0.4, 0.5) is 9.52 Å². The van der Waals surface area contributed by atoms with Crippen LogP contribution in [0.3, 0.4) is 0 Å². The lowest BCUT2D eigenvalue weighted by atomic mass is 9.97. The van der Waals surface area contributed by atoms with Gasteiger partial charge in [0.2, 0.25) is 0 Å². The molecule has 3 rings (SSSR count). The molecular formula is C15H11FN2O3S. The van der Waals surface area contributed by atoms with Gasteiger partial charge < -0.3 is 5.11 Å². The van der Waals surface area contributed by atoms with Crippen molar-refractivity contribution in [3.63, 3.8) is 0 Å². The molecule has 1 atom stereocenters. The molecule has 2 heterocycles. The second-order valence-electron chi connectivity index (χ2n) is 4.76.